The fourth-order valence-electron chi connectivity index (χ4n) is 5.61. The van der Waals surface area contributed by atoms with Gasteiger partial charge in [0.05, 0.1) is 20.8 Å². The molecule has 0 aromatic heterocycles. The molecule has 4 rings (SSSR count). The van der Waals surface area contributed by atoms with E-state index < -0.39 is 44.0 Å². The number of rotatable bonds is 5. The van der Waals surface area contributed by atoms with Gasteiger partial charge in [-0.15, -0.1) is 0 Å². The van der Waals surface area contributed by atoms with E-state index in [4.69, 9.17) is 11.6 Å². The van der Waals surface area contributed by atoms with Crippen LogP contribution < -0.4 is 5.32 Å². The van der Waals surface area contributed by atoms with Crippen LogP contribution in [0.5, 0.6) is 0 Å². The molecule has 184 valence electrons. The fourth-order valence-corrected chi connectivity index (χ4v) is 8.01. The van der Waals surface area contributed by atoms with Gasteiger partial charge in [0.1, 0.15) is 0 Å². The maximum atomic E-state index is 13.5. The van der Waals surface area contributed by atoms with Crippen LogP contribution in [0.15, 0.2) is 35.2 Å². The topological polar surface area (TPSA) is 83.5 Å². The average molecular weight is 516 g/mol. The Balaban J connectivity index is 1.60. The predicted molar refractivity (Wildman–Crippen MR) is 122 cm³/mol. The fraction of sp³-hybridized carbons (Fsp3) is 0.458. The lowest BCUT2D eigenvalue weighted by Gasteiger charge is -2.45. The number of aliphatic hydroxyl groups is 1. The van der Waals surface area contributed by atoms with Crippen molar-refractivity contribution in [2.24, 2.45) is 17.8 Å². The number of nitrogens with one attached hydrogen (secondary N) is 1. The molecule has 0 heterocycles. The van der Waals surface area contributed by atoms with Gasteiger partial charge in [0.25, 0.3) is 5.91 Å². The van der Waals surface area contributed by atoms with E-state index in [2.05, 4.69) is 5.32 Å². The quantitative estimate of drug-likeness (QED) is 0.525. The summed E-state index contributed by atoms with van der Waals surface area (Å²) in [7, 11) is -3.93. The molecular weight excluding hydrogens is 491 g/mol. The van der Waals surface area contributed by atoms with Crippen LogP contribution in [0.2, 0.25) is 5.02 Å². The van der Waals surface area contributed by atoms with Gasteiger partial charge < -0.3 is 10.4 Å². The molecule has 2 aromatic carbocycles. The molecule has 0 unspecified atom stereocenters. The molecule has 10 heteroatoms. The van der Waals surface area contributed by atoms with Crippen LogP contribution in [0.1, 0.15) is 49.9 Å². The Kier molecular flexibility index (Phi) is 6.50. The van der Waals surface area contributed by atoms with Crippen LogP contribution in [0.4, 0.5) is 18.9 Å². The highest BCUT2D eigenvalue weighted by Gasteiger charge is 2.56. The number of hydrogen-bond donors (Lipinski definition) is 2. The van der Waals surface area contributed by atoms with Crippen molar-refractivity contribution in [1.82, 2.24) is 0 Å². The maximum Gasteiger partial charge on any atom is 0.255 e. The maximum absolute atomic E-state index is 13.5. The summed E-state index contributed by atoms with van der Waals surface area (Å²) in [6.45, 7) is 3.88. The first-order chi connectivity index (χ1) is 15.9. The number of sulfone groups is 1. The Morgan fingerprint density at radius 3 is 2.18 bits per heavy atom. The summed E-state index contributed by atoms with van der Waals surface area (Å²) in [5.74, 6) is -5.71. The summed E-state index contributed by atoms with van der Waals surface area (Å²) in [5.41, 5.74) is -1.31. The number of anilines is 1. The average Bonchev–Trinajstić information content (AvgIpc) is 2.94. The minimum Gasteiger partial charge on any atom is -0.389 e. The lowest BCUT2D eigenvalue weighted by molar-refractivity contribution is -0.0943. The first-order valence-electron chi connectivity index (χ1n) is 11.1. The standard InChI is InChI=1S/C24H25ClF3NO4S/c1-12(2)24(31)14-4-5-15(24)9-17(8-14)34(32,33)21-7-13(3-6-18(21)25)23(30)29-16-10-19(26)22(28)20(27)11-16/h3,6-7,10-12,14-15,17,31H,4-5,8-9H2,1-2H3,(H,29,30)/t14-,15+,17-,24-. The van der Waals surface area contributed by atoms with Crippen molar-refractivity contribution >= 4 is 33.0 Å². The first kappa shape index (κ1) is 25.0. The second-order valence-electron chi connectivity index (χ2n) is 9.50. The molecule has 1 amide bonds. The van der Waals surface area contributed by atoms with Gasteiger partial charge in [-0.25, -0.2) is 21.6 Å². The molecule has 2 saturated carbocycles. The summed E-state index contributed by atoms with van der Waals surface area (Å²) in [5, 5.41) is 12.7. The minimum absolute atomic E-state index is 0.00500. The van der Waals surface area contributed by atoms with Crippen molar-refractivity contribution in [3.63, 3.8) is 0 Å². The Labute approximate surface area is 201 Å². The number of benzene rings is 2. The van der Waals surface area contributed by atoms with Crippen LogP contribution in [-0.4, -0.2) is 30.3 Å². The number of hydrogen-bond acceptors (Lipinski definition) is 4. The van der Waals surface area contributed by atoms with Crippen molar-refractivity contribution in [3.8, 4) is 0 Å². The van der Waals surface area contributed by atoms with Crippen molar-refractivity contribution in [2.75, 3.05) is 5.32 Å². The lowest BCUT2D eigenvalue weighted by atomic mass is 9.68. The Morgan fingerprint density at radius 1 is 1.09 bits per heavy atom. The number of halogens is 4. The number of carbonyl (C=O) groups excluding carboxylic acids is 1. The third-order valence-corrected chi connectivity index (χ3v) is 10.0. The molecule has 0 aliphatic heterocycles. The normalized spacial score (nSPS) is 26.6. The second-order valence-corrected chi connectivity index (χ2v) is 12.1. The first-order valence-corrected chi connectivity index (χ1v) is 13.0. The SMILES string of the molecule is CC(C)[C@@]1(O)[C@@H]2CC[C@H]1C[C@H](S(=O)(=O)c1cc(C(=O)Nc3cc(F)c(F)c(F)c3)ccc1Cl)C2. The molecule has 0 saturated heterocycles. The van der Waals surface area contributed by atoms with Gasteiger partial charge in [-0.3, -0.25) is 4.79 Å². The Morgan fingerprint density at radius 2 is 1.65 bits per heavy atom. The van der Waals surface area contributed by atoms with E-state index in [1.807, 2.05) is 13.8 Å². The third kappa shape index (κ3) is 4.12. The largest absolute Gasteiger partial charge is 0.389 e. The van der Waals surface area contributed by atoms with Crippen LogP contribution in [0, 0.1) is 35.2 Å². The van der Waals surface area contributed by atoms with E-state index in [9.17, 15) is 31.5 Å². The molecule has 0 radical (unpaired) electrons. The minimum atomic E-state index is -3.93. The molecule has 2 bridgehead atoms. The van der Waals surface area contributed by atoms with Gasteiger partial charge in [0, 0.05) is 23.4 Å². The van der Waals surface area contributed by atoms with Crippen LogP contribution >= 0.6 is 11.6 Å². The summed E-state index contributed by atoms with van der Waals surface area (Å²) in [4.78, 5) is 12.4. The zero-order valence-electron chi connectivity index (χ0n) is 18.6. The third-order valence-electron chi connectivity index (χ3n) is 7.37. The second kappa shape index (κ2) is 8.84. The molecule has 34 heavy (non-hydrogen) atoms. The molecule has 2 aliphatic rings. The van der Waals surface area contributed by atoms with Gasteiger partial charge in [0.15, 0.2) is 27.3 Å². The number of fused-ring (bicyclic) bond motifs is 2. The van der Waals surface area contributed by atoms with Crippen LogP contribution in [0.3, 0.4) is 0 Å². The Hall–Kier alpha value is -2.10. The van der Waals surface area contributed by atoms with Gasteiger partial charge in [-0.2, -0.15) is 0 Å². The summed E-state index contributed by atoms with van der Waals surface area (Å²) < 4.78 is 67.2. The smallest absolute Gasteiger partial charge is 0.255 e. The Bertz CT molecular complexity index is 1210. The molecule has 4 atom stereocenters. The number of carbonyl (C=O) groups is 1. The van der Waals surface area contributed by atoms with E-state index in [0.717, 1.165) is 18.9 Å². The monoisotopic (exact) mass is 515 g/mol. The molecule has 2 N–H and O–H groups in total. The van der Waals surface area contributed by atoms with Crippen LogP contribution in [-0.2, 0) is 9.84 Å². The lowest BCUT2D eigenvalue weighted by Crippen LogP contribution is -2.51. The molecule has 2 aromatic rings. The summed E-state index contributed by atoms with van der Waals surface area (Å²) in [6, 6.07) is 4.94. The van der Waals surface area contributed by atoms with Gasteiger partial charge in [-0.1, -0.05) is 25.4 Å². The highest BCUT2D eigenvalue weighted by molar-refractivity contribution is 7.92. The molecule has 5 nitrogen and oxygen atoms in total. The van der Waals surface area contributed by atoms with E-state index in [1.165, 1.54) is 12.1 Å². The molecule has 2 aliphatic carbocycles. The van der Waals surface area contributed by atoms with Gasteiger partial charge in [0.2, 0.25) is 0 Å². The van der Waals surface area contributed by atoms with Crippen molar-refractivity contribution in [3.05, 3.63) is 58.4 Å². The van der Waals surface area contributed by atoms with E-state index in [1.54, 1.807) is 0 Å². The zero-order chi connectivity index (χ0) is 25.0. The van der Waals surface area contributed by atoms with Crippen molar-refractivity contribution in [2.45, 2.75) is 55.3 Å². The highest BCUT2D eigenvalue weighted by atomic mass is 35.5. The zero-order valence-corrected chi connectivity index (χ0v) is 20.2. The molecular formula is C24H25ClF3NO4S. The van der Waals surface area contributed by atoms with Crippen molar-refractivity contribution < 1.29 is 31.5 Å². The molecule has 2 fully saturated rings. The summed E-state index contributed by atoms with van der Waals surface area (Å²) in [6.07, 6.45) is 2.11. The van der Waals surface area contributed by atoms with Gasteiger partial charge in [-0.05, 0) is 61.6 Å². The number of amides is 1. The predicted octanol–water partition coefficient (Wildman–Crippen LogP) is 5.36. The van der Waals surface area contributed by atoms with E-state index >= 15 is 0 Å². The van der Waals surface area contributed by atoms with E-state index in [-0.39, 0.29) is 38.9 Å². The van der Waals surface area contributed by atoms with Gasteiger partial charge >= 0.3 is 0 Å². The molecule has 0 spiro atoms. The van der Waals surface area contributed by atoms with Crippen LogP contribution in [0.25, 0.3) is 0 Å². The summed E-state index contributed by atoms with van der Waals surface area (Å²) >= 11 is 6.22. The van der Waals surface area contributed by atoms with E-state index in [0.29, 0.717) is 25.0 Å². The highest BCUT2D eigenvalue weighted by Crippen LogP contribution is 2.55. The van der Waals surface area contributed by atoms with Crippen molar-refractivity contribution in [1.29, 1.82) is 0 Å².